The van der Waals surface area contributed by atoms with Crippen LogP contribution in [0.15, 0.2) is 18.2 Å². The first-order chi connectivity index (χ1) is 7.91. The van der Waals surface area contributed by atoms with E-state index in [4.69, 9.17) is 22.4 Å². The van der Waals surface area contributed by atoms with Crippen molar-refractivity contribution in [3.63, 3.8) is 0 Å². The minimum absolute atomic E-state index is 0.119. The molecule has 1 atom stereocenters. The third-order valence-electron chi connectivity index (χ3n) is 1.97. The maximum Gasteiger partial charge on any atom is 0.251 e. The van der Waals surface area contributed by atoms with Crippen molar-refractivity contribution in [3.8, 4) is 0 Å². The van der Waals surface area contributed by atoms with E-state index in [9.17, 15) is 14.0 Å². The molecule has 1 unspecified atom stereocenters. The number of rotatable bonds is 4. The van der Waals surface area contributed by atoms with Gasteiger partial charge in [0.15, 0.2) is 0 Å². The fourth-order valence-corrected chi connectivity index (χ4v) is 1.21. The lowest BCUT2D eigenvalue weighted by Gasteiger charge is -2.08. The number of carbonyl (C=O) groups is 2. The number of aliphatic hydroxyl groups excluding tert-OH is 1. The summed E-state index contributed by atoms with van der Waals surface area (Å²) in [5.74, 6) is -2.17. The summed E-state index contributed by atoms with van der Waals surface area (Å²) in [5, 5.41) is 11.1. The van der Waals surface area contributed by atoms with Crippen LogP contribution in [-0.2, 0) is 4.79 Å². The zero-order chi connectivity index (χ0) is 13.0. The number of benzene rings is 1. The average Bonchev–Trinajstić information content (AvgIpc) is 2.28. The molecule has 2 amide bonds. The lowest BCUT2D eigenvalue weighted by molar-refractivity contribution is -0.125. The van der Waals surface area contributed by atoms with Crippen molar-refractivity contribution in [1.82, 2.24) is 5.32 Å². The van der Waals surface area contributed by atoms with Crippen LogP contribution in [0, 0.1) is 5.82 Å². The van der Waals surface area contributed by atoms with E-state index in [-0.39, 0.29) is 17.1 Å². The summed E-state index contributed by atoms with van der Waals surface area (Å²) in [6.07, 6.45) is -1.46. The zero-order valence-electron chi connectivity index (χ0n) is 8.61. The Morgan fingerprint density at radius 3 is 2.71 bits per heavy atom. The maximum absolute atomic E-state index is 12.8. The molecule has 92 valence electrons. The smallest absolute Gasteiger partial charge is 0.251 e. The molecular weight excluding hydrogens is 251 g/mol. The van der Waals surface area contributed by atoms with Gasteiger partial charge in [-0.1, -0.05) is 11.6 Å². The second-order valence-corrected chi connectivity index (χ2v) is 3.66. The third-order valence-corrected chi connectivity index (χ3v) is 2.26. The number of nitrogens with two attached hydrogens (primary N) is 1. The molecule has 0 fully saturated rings. The first-order valence-corrected chi connectivity index (χ1v) is 5.00. The first-order valence-electron chi connectivity index (χ1n) is 4.62. The highest BCUT2D eigenvalue weighted by Gasteiger charge is 2.13. The summed E-state index contributed by atoms with van der Waals surface area (Å²) in [7, 11) is 0. The SMILES string of the molecule is NC(=O)C(O)CNC(=O)c1ccc(F)c(Cl)c1. The van der Waals surface area contributed by atoms with Crippen LogP contribution in [0.25, 0.3) is 0 Å². The molecule has 0 bridgehead atoms. The molecular formula is C10H10ClFN2O3. The van der Waals surface area contributed by atoms with Crippen molar-refractivity contribution in [2.24, 2.45) is 5.73 Å². The molecule has 1 aromatic rings. The Labute approximate surface area is 101 Å². The lowest BCUT2D eigenvalue weighted by atomic mass is 10.2. The van der Waals surface area contributed by atoms with E-state index in [1.807, 2.05) is 0 Å². The molecule has 0 saturated carbocycles. The van der Waals surface area contributed by atoms with Crippen molar-refractivity contribution in [1.29, 1.82) is 0 Å². The van der Waals surface area contributed by atoms with Crippen molar-refractivity contribution in [2.45, 2.75) is 6.10 Å². The number of hydrogen-bond donors (Lipinski definition) is 3. The van der Waals surface area contributed by atoms with E-state index in [1.165, 1.54) is 6.07 Å². The van der Waals surface area contributed by atoms with E-state index in [1.54, 1.807) is 0 Å². The summed E-state index contributed by atoms with van der Waals surface area (Å²) >= 11 is 5.49. The molecule has 0 spiro atoms. The van der Waals surface area contributed by atoms with Crippen LogP contribution in [0.3, 0.4) is 0 Å². The highest BCUT2D eigenvalue weighted by molar-refractivity contribution is 6.31. The lowest BCUT2D eigenvalue weighted by Crippen LogP contribution is -2.39. The minimum atomic E-state index is -1.46. The van der Waals surface area contributed by atoms with Gasteiger partial charge in [-0.15, -0.1) is 0 Å². The molecule has 1 rings (SSSR count). The van der Waals surface area contributed by atoms with Crippen LogP contribution in [0.2, 0.25) is 5.02 Å². The Balaban J connectivity index is 2.64. The van der Waals surface area contributed by atoms with Gasteiger partial charge in [0.25, 0.3) is 5.91 Å². The Morgan fingerprint density at radius 2 is 2.18 bits per heavy atom. The second kappa shape index (κ2) is 5.60. The van der Waals surface area contributed by atoms with Gasteiger partial charge in [-0.2, -0.15) is 0 Å². The monoisotopic (exact) mass is 260 g/mol. The summed E-state index contributed by atoms with van der Waals surface area (Å²) in [5.41, 5.74) is 4.91. The Hall–Kier alpha value is -1.66. The normalized spacial score (nSPS) is 11.9. The number of aliphatic hydroxyl groups is 1. The Kier molecular flexibility index (Phi) is 4.42. The second-order valence-electron chi connectivity index (χ2n) is 3.26. The molecule has 17 heavy (non-hydrogen) atoms. The van der Waals surface area contributed by atoms with Crippen molar-refractivity contribution in [3.05, 3.63) is 34.6 Å². The van der Waals surface area contributed by atoms with Crippen molar-refractivity contribution >= 4 is 23.4 Å². The summed E-state index contributed by atoms with van der Waals surface area (Å²) < 4.78 is 12.8. The Bertz CT molecular complexity index is 453. The van der Waals surface area contributed by atoms with Crippen LogP contribution >= 0.6 is 11.6 Å². The standard InChI is InChI=1S/C10H10ClFN2O3/c11-6-3-5(1-2-7(6)12)10(17)14-4-8(15)9(13)16/h1-3,8,15H,4H2,(H2,13,16)(H,14,17). The molecule has 4 N–H and O–H groups in total. The van der Waals surface area contributed by atoms with Gasteiger partial charge >= 0.3 is 0 Å². The van der Waals surface area contributed by atoms with Gasteiger partial charge in [0.1, 0.15) is 11.9 Å². The van der Waals surface area contributed by atoms with Crippen molar-refractivity contribution < 1.29 is 19.1 Å². The van der Waals surface area contributed by atoms with E-state index >= 15 is 0 Å². The molecule has 0 aliphatic rings. The van der Waals surface area contributed by atoms with Crippen LogP contribution < -0.4 is 11.1 Å². The largest absolute Gasteiger partial charge is 0.381 e. The predicted octanol–water partition coefficient (Wildman–Crippen LogP) is 0.0551. The highest BCUT2D eigenvalue weighted by atomic mass is 35.5. The molecule has 5 nitrogen and oxygen atoms in total. The molecule has 7 heteroatoms. The molecule has 0 aliphatic heterocycles. The number of hydrogen-bond acceptors (Lipinski definition) is 3. The van der Waals surface area contributed by atoms with E-state index < -0.39 is 23.7 Å². The number of halogens is 2. The molecule has 0 saturated heterocycles. The van der Waals surface area contributed by atoms with Crippen molar-refractivity contribution in [2.75, 3.05) is 6.54 Å². The molecule has 0 aliphatic carbocycles. The van der Waals surface area contributed by atoms with Crippen LogP contribution in [0.1, 0.15) is 10.4 Å². The fourth-order valence-electron chi connectivity index (χ4n) is 1.03. The van der Waals surface area contributed by atoms with E-state index in [2.05, 4.69) is 5.32 Å². The van der Waals surface area contributed by atoms with Gasteiger partial charge in [-0.25, -0.2) is 4.39 Å². The summed E-state index contributed by atoms with van der Waals surface area (Å²) in [6.45, 7) is -0.316. The average molecular weight is 261 g/mol. The number of carbonyl (C=O) groups excluding carboxylic acids is 2. The van der Waals surface area contributed by atoms with Gasteiger partial charge in [0, 0.05) is 5.56 Å². The van der Waals surface area contributed by atoms with Gasteiger partial charge in [-0.05, 0) is 18.2 Å². The quantitative estimate of drug-likeness (QED) is 0.714. The Morgan fingerprint density at radius 1 is 1.53 bits per heavy atom. The van der Waals surface area contributed by atoms with Gasteiger partial charge in [0.2, 0.25) is 5.91 Å². The number of amides is 2. The minimum Gasteiger partial charge on any atom is -0.381 e. The van der Waals surface area contributed by atoms with E-state index in [0.717, 1.165) is 12.1 Å². The molecule has 0 radical (unpaired) electrons. The van der Waals surface area contributed by atoms with Crippen LogP contribution in [0.4, 0.5) is 4.39 Å². The fraction of sp³-hybridized carbons (Fsp3) is 0.200. The maximum atomic E-state index is 12.8. The zero-order valence-corrected chi connectivity index (χ0v) is 9.37. The van der Waals surface area contributed by atoms with Gasteiger partial charge in [-0.3, -0.25) is 9.59 Å². The van der Waals surface area contributed by atoms with Crippen LogP contribution in [-0.4, -0.2) is 29.6 Å². The van der Waals surface area contributed by atoms with Gasteiger partial charge in [0.05, 0.1) is 11.6 Å². The number of primary amides is 1. The molecule has 0 aromatic heterocycles. The molecule has 1 aromatic carbocycles. The topological polar surface area (TPSA) is 92.4 Å². The highest BCUT2D eigenvalue weighted by Crippen LogP contribution is 2.15. The summed E-state index contributed by atoms with van der Waals surface area (Å²) in [4.78, 5) is 22.0. The first kappa shape index (κ1) is 13.4. The molecule has 0 heterocycles. The summed E-state index contributed by atoms with van der Waals surface area (Å²) in [6, 6.07) is 3.41. The van der Waals surface area contributed by atoms with E-state index in [0.29, 0.717) is 0 Å². The predicted molar refractivity (Wildman–Crippen MR) is 58.9 cm³/mol. The van der Waals surface area contributed by atoms with Gasteiger partial charge < -0.3 is 16.2 Å². The third kappa shape index (κ3) is 3.69. The number of nitrogens with one attached hydrogen (secondary N) is 1. The van der Waals surface area contributed by atoms with Crippen LogP contribution in [0.5, 0.6) is 0 Å².